The summed E-state index contributed by atoms with van der Waals surface area (Å²) in [4.78, 5) is 15.8. The molecule has 0 spiro atoms. The van der Waals surface area contributed by atoms with Crippen molar-refractivity contribution in [2.45, 2.75) is 63.6 Å². The van der Waals surface area contributed by atoms with Crippen LogP contribution in [0, 0.1) is 6.92 Å². The number of nitrogens with zero attached hydrogens (tertiary/aromatic N) is 7. The Morgan fingerprint density at radius 3 is 2.36 bits per heavy atom. The molecule has 0 radical (unpaired) electrons. The fraction of sp³-hybridized carbons (Fsp3) is 0.500. The van der Waals surface area contributed by atoms with Crippen LogP contribution in [-0.2, 0) is 17.5 Å². The van der Waals surface area contributed by atoms with Gasteiger partial charge in [-0.05, 0) is 67.2 Å². The molecule has 2 fully saturated rings. The van der Waals surface area contributed by atoms with Gasteiger partial charge >= 0.3 is 6.18 Å². The topological polar surface area (TPSA) is 103 Å². The number of hydrogen-bond donors (Lipinski definition) is 0. The number of benzene rings is 1. The number of carbonyl (C=O) groups is 1. The lowest BCUT2D eigenvalue weighted by molar-refractivity contribution is -0.137. The van der Waals surface area contributed by atoms with Crippen molar-refractivity contribution in [3.63, 3.8) is 0 Å². The van der Waals surface area contributed by atoms with E-state index in [1.54, 1.807) is 11.8 Å². The number of piperidine rings is 1. The lowest BCUT2D eigenvalue weighted by atomic mass is 9.85. The summed E-state index contributed by atoms with van der Waals surface area (Å²) in [5.41, 5.74) is 0.0422. The number of hydrogen-bond acceptors (Lipinski definition) is 7. The molecule has 0 unspecified atom stereocenters. The first-order valence-electron chi connectivity index (χ1n) is 12.0. The molecule has 1 saturated heterocycles. The Bertz CT molecular complexity index is 1250. The van der Waals surface area contributed by atoms with Crippen molar-refractivity contribution < 1.29 is 22.4 Å². The number of alkyl halides is 3. The van der Waals surface area contributed by atoms with E-state index in [2.05, 4.69) is 25.6 Å². The summed E-state index contributed by atoms with van der Waals surface area (Å²) >= 11 is 0. The second kappa shape index (κ2) is 9.82. The van der Waals surface area contributed by atoms with Gasteiger partial charge in [0.15, 0.2) is 5.82 Å². The second-order valence-electron chi connectivity index (χ2n) is 9.32. The maximum Gasteiger partial charge on any atom is 0.416 e. The first-order chi connectivity index (χ1) is 17.3. The average Bonchev–Trinajstić information content (AvgIpc) is 3.45. The number of amides is 1. The molecule has 190 valence electrons. The van der Waals surface area contributed by atoms with Gasteiger partial charge in [-0.2, -0.15) is 18.0 Å². The molecule has 3 heterocycles. The molecule has 0 atom stereocenters. The zero-order chi connectivity index (χ0) is 25.3. The highest BCUT2D eigenvalue weighted by atomic mass is 19.4. The number of rotatable bonds is 6. The summed E-state index contributed by atoms with van der Waals surface area (Å²) in [5, 5.41) is 20.1. The Labute approximate surface area is 205 Å². The number of tetrazole rings is 1. The Morgan fingerprint density at radius 1 is 1.08 bits per heavy atom. The van der Waals surface area contributed by atoms with Gasteiger partial charge in [0, 0.05) is 31.0 Å². The molecule has 12 heteroatoms. The third-order valence-corrected chi connectivity index (χ3v) is 6.81. The van der Waals surface area contributed by atoms with E-state index in [9.17, 15) is 18.0 Å². The molecule has 9 nitrogen and oxygen atoms in total. The molecule has 1 aliphatic carbocycles. The number of carbonyl (C=O) groups excluding carboxylic acids is 1. The van der Waals surface area contributed by atoms with E-state index in [-0.39, 0.29) is 18.4 Å². The van der Waals surface area contributed by atoms with Crippen molar-refractivity contribution in [2.75, 3.05) is 13.1 Å². The van der Waals surface area contributed by atoms with E-state index in [0.717, 1.165) is 30.9 Å². The quantitative estimate of drug-likeness (QED) is 0.468. The largest absolute Gasteiger partial charge is 0.425 e. The predicted octanol–water partition coefficient (Wildman–Crippen LogP) is 4.12. The van der Waals surface area contributed by atoms with Gasteiger partial charge in [0.2, 0.25) is 17.7 Å². The van der Waals surface area contributed by atoms with Gasteiger partial charge in [0.1, 0.15) is 0 Å². The minimum Gasteiger partial charge on any atom is -0.425 e. The van der Waals surface area contributed by atoms with Crippen LogP contribution in [0.15, 0.2) is 28.7 Å². The van der Waals surface area contributed by atoms with Gasteiger partial charge in [0.05, 0.1) is 12.1 Å². The normalized spacial score (nSPS) is 17.6. The van der Waals surface area contributed by atoms with Crippen molar-refractivity contribution in [2.24, 2.45) is 0 Å². The molecular weight excluding hydrogens is 475 g/mol. The van der Waals surface area contributed by atoms with Crippen molar-refractivity contribution >= 4 is 12.0 Å². The summed E-state index contributed by atoms with van der Waals surface area (Å²) in [6, 6.07) is 3.41. The highest BCUT2D eigenvalue weighted by Crippen LogP contribution is 2.37. The van der Waals surface area contributed by atoms with Crippen LogP contribution in [0.5, 0.6) is 0 Å². The van der Waals surface area contributed by atoms with Crippen LogP contribution in [0.2, 0.25) is 0 Å². The molecule has 2 aliphatic rings. The number of halogens is 3. The lowest BCUT2D eigenvalue weighted by Crippen LogP contribution is -2.36. The minimum atomic E-state index is -4.49. The minimum absolute atomic E-state index is 0.00293. The summed E-state index contributed by atoms with van der Waals surface area (Å²) in [5.74, 6) is 2.09. The molecule has 36 heavy (non-hydrogen) atoms. The van der Waals surface area contributed by atoms with E-state index >= 15 is 0 Å². The summed E-state index contributed by atoms with van der Waals surface area (Å²) < 4.78 is 45.7. The molecule has 5 rings (SSSR count). The van der Waals surface area contributed by atoms with E-state index in [0.29, 0.717) is 54.7 Å². The van der Waals surface area contributed by atoms with Crippen LogP contribution in [0.1, 0.15) is 78.2 Å². The van der Waals surface area contributed by atoms with Gasteiger partial charge in [-0.15, -0.1) is 20.4 Å². The number of aryl methyl sites for hydroxylation is 1. The van der Waals surface area contributed by atoms with Crippen molar-refractivity contribution in [1.82, 2.24) is 35.3 Å². The first kappa shape index (κ1) is 24.1. The molecule has 1 aliphatic heterocycles. The molecule has 1 saturated carbocycles. The van der Waals surface area contributed by atoms with Crippen LogP contribution < -0.4 is 0 Å². The fourth-order valence-electron chi connectivity index (χ4n) is 4.47. The molecular formula is C24H26F3N7O2. The SMILES string of the molecule is Cc1nnn(Cc2cc(C(F)(F)F)ccc2/C=C/C(=O)N2CCC(c3nnc(C4CCC4)o3)CC2)n1. The molecule has 0 N–H and O–H groups in total. The monoisotopic (exact) mass is 501 g/mol. The smallest absolute Gasteiger partial charge is 0.416 e. The van der Waals surface area contributed by atoms with Crippen LogP contribution in [0.4, 0.5) is 13.2 Å². The number of aromatic nitrogens is 6. The zero-order valence-corrected chi connectivity index (χ0v) is 19.8. The maximum atomic E-state index is 13.3. The van der Waals surface area contributed by atoms with E-state index in [1.807, 2.05) is 0 Å². The van der Waals surface area contributed by atoms with E-state index < -0.39 is 11.7 Å². The zero-order valence-electron chi connectivity index (χ0n) is 19.8. The third kappa shape index (κ3) is 5.31. The number of likely N-dealkylation sites (tertiary alicyclic amines) is 1. The Kier molecular flexibility index (Phi) is 6.59. The van der Waals surface area contributed by atoms with Gasteiger partial charge in [-0.1, -0.05) is 12.5 Å². The lowest BCUT2D eigenvalue weighted by Gasteiger charge is -2.29. The Hall–Kier alpha value is -3.57. The third-order valence-electron chi connectivity index (χ3n) is 6.81. The van der Waals surface area contributed by atoms with Crippen LogP contribution >= 0.6 is 0 Å². The standard InChI is InChI=1S/C24H26F3N7O2/c1-15-28-32-34(31-15)14-19-13-20(24(25,26)27)7-5-16(19)6-8-21(35)33-11-9-18(10-12-33)23-30-29-22(36-23)17-3-2-4-17/h5-8,13,17-18H,2-4,9-12,14H2,1H3/b8-6+. The molecule has 2 aromatic heterocycles. The fourth-order valence-corrected chi connectivity index (χ4v) is 4.47. The Morgan fingerprint density at radius 2 is 1.78 bits per heavy atom. The van der Waals surface area contributed by atoms with Crippen LogP contribution in [-0.4, -0.2) is 54.3 Å². The summed E-state index contributed by atoms with van der Waals surface area (Å²) in [6.45, 7) is 2.72. The molecule has 1 aromatic carbocycles. The highest BCUT2D eigenvalue weighted by molar-refractivity contribution is 5.92. The summed E-state index contributed by atoms with van der Waals surface area (Å²) in [7, 11) is 0. The molecule has 1 amide bonds. The van der Waals surface area contributed by atoms with Gasteiger partial charge in [-0.25, -0.2) is 0 Å². The predicted molar refractivity (Wildman–Crippen MR) is 122 cm³/mol. The van der Waals surface area contributed by atoms with Crippen LogP contribution in [0.3, 0.4) is 0 Å². The Balaban J connectivity index is 1.24. The molecule has 3 aromatic rings. The van der Waals surface area contributed by atoms with Gasteiger partial charge in [-0.3, -0.25) is 4.79 Å². The summed E-state index contributed by atoms with van der Waals surface area (Å²) in [6.07, 6.45) is 3.27. The van der Waals surface area contributed by atoms with Crippen molar-refractivity contribution in [3.05, 3.63) is 58.6 Å². The average molecular weight is 502 g/mol. The van der Waals surface area contributed by atoms with Gasteiger partial charge < -0.3 is 9.32 Å². The van der Waals surface area contributed by atoms with Crippen LogP contribution in [0.25, 0.3) is 6.08 Å². The maximum absolute atomic E-state index is 13.3. The molecule has 0 bridgehead atoms. The highest BCUT2D eigenvalue weighted by Gasteiger charge is 2.32. The second-order valence-corrected chi connectivity index (χ2v) is 9.32. The van der Waals surface area contributed by atoms with E-state index in [1.165, 1.54) is 29.4 Å². The van der Waals surface area contributed by atoms with Crippen molar-refractivity contribution in [3.8, 4) is 0 Å². The van der Waals surface area contributed by atoms with E-state index in [4.69, 9.17) is 4.42 Å². The van der Waals surface area contributed by atoms with Crippen molar-refractivity contribution in [1.29, 1.82) is 0 Å². The first-order valence-corrected chi connectivity index (χ1v) is 12.0. The van der Waals surface area contributed by atoms with Gasteiger partial charge in [0.25, 0.3) is 0 Å².